The molecular formula is C45H55N2O5+. The molecule has 0 saturated carbocycles. The van der Waals surface area contributed by atoms with Crippen LogP contribution in [0.5, 0.6) is 11.5 Å². The van der Waals surface area contributed by atoms with Gasteiger partial charge in [-0.3, -0.25) is 0 Å². The molecule has 5 heterocycles. The largest absolute Gasteiger partial charge is 0.465 e. The first-order chi connectivity index (χ1) is 24.3. The fourth-order valence-corrected chi connectivity index (χ4v) is 10.8. The maximum atomic E-state index is 13.8. The molecule has 3 aromatic carbocycles. The smallest absolute Gasteiger partial charge is 0.338 e. The van der Waals surface area contributed by atoms with Gasteiger partial charge in [0.05, 0.1) is 30.9 Å². The summed E-state index contributed by atoms with van der Waals surface area (Å²) in [5.74, 6) is 1.43. The van der Waals surface area contributed by atoms with Crippen LogP contribution < -0.4 is 24.8 Å². The number of fused-ring (bicyclic) bond motifs is 4. The van der Waals surface area contributed by atoms with Gasteiger partial charge >= 0.3 is 11.9 Å². The molecule has 0 aliphatic carbocycles. The van der Waals surface area contributed by atoms with E-state index in [0.29, 0.717) is 23.0 Å². The lowest BCUT2D eigenvalue weighted by molar-refractivity contribution is 0.0599. The first-order valence-electron chi connectivity index (χ1n) is 19.2. The number of benzene rings is 3. The van der Waals surface area contributed by atoms with E-state index in [-0.39, 0.29) is 21.9 Å². The van der Waals surface area contributed by atoms with Crippen molar-refractivity contribution in [1.82, 2.24) is 4.58 Å². The van der Waals surface area contributed by atoms with Crippen LogP contribution in [0.3, 0.4) is 0 Å². The van der Waals surface area contributed by atoms with Crippen molar-refractivity contribution >= 4 is 23.2 Å². The number of carbonyl (C=O) groups is 2. The molecular weight excluding hydrogens is 649 g/mol. The average molecular weight is 704 g/mol. The Morgan fingerprint density at radius 2 is 1.46 bits per heavy atom. The summed E-state index contributed by atoms with van der Waals surface area (Å²) < 4.78 is 20.8. The first-order valence-corrected chi connectivity index (χ1v) is 19.2. The number of carbonyl (C=O) groups excluding carboxylic acids is 2. The zero-order valence-electron chi connectivity index (χ0n) is 33.2. The van der Waals surface area contributed by atoms with Crippen LogP contribution >= 0.6 is 0 Å². The molecule has 0 bridgehead atoms. The molecule has 5 aliphatic rings. The zero-order valence-corrected chi connectivity index (χ0v) is 33.2. The lowest BCUT2D eigenvalue weighted by atomic mass is 9.67. The molecule has 5 aliphatic heterocycles. The highest BCUT2D eigenvalue weighted by Gasteiger charge is 2.50. The van der Waals surface area contributed by atoms with Crippen molar-refractivity contribution < 1.29 is 23.8 Å². The van der Waals surface area contributed by atoms with E-state index in [9.17, 15) is 9.59 Å². The number of anilines is 1. The second-order valence-electron chi connectivity index (χ2n) is 18.8. The summed E-state index contributed by atoms with van der Waals surface area (Å²) in [6, 6.07) is 10.0. The fraction of sp³-hybridized carbons (Fsp3) is 0.533. The predicted octanol–water partition coefficient (Wildman–Crippen LogP) is 7.84. The van der Waals surface area contributed by atoms with E-state index >= 15 is 0 Å². The summed E-state index contributed by atoms with van der Waals surface area (Å²) in [7, 11) is 2.76. The Labute approximate surface area is 308 Å². The molecule has 7 heteroatoms. The maximum Gasteiger partial charge on any atom is 0.338 e. The second-order valence-corrected chi connectivity index (χ2v) is 18.8. The summed E-state index contributed by atoms with van der Waals surface area (Å²) >= 11 is 0. The Kier molecular flexibility index (Phi) is 7.52. The van der Waals surface area contributed by atoms with Crippen LogP contribution in [0.15, 0.2) is 30.3 Å². The molecule has 0 amide bonds. The molecule has 0 saturated heterocycles. The van der Waals surface area contributed by atoms with Crippen LogP contribution in [0.4, 0.5) is 5.69 Å². The van der Waals surface area contributed by atoms with Gasteiger partial charge in [0.15, 0.2) is 5.54 Å². The van der Waals surface area contributed by atoms with E-state index in [2.05, 4.69) is 90.8 Å². The van der Waals surface area contributed by atoms with Crippen molar-refractivity contribution in [3.8, 4) is 11.5 Å². The van der Waals surface area contributed by atoms with Crippen molar-refractivity contribution in [2.45, 2.75) is 129 Å². The topological polar surface area (TPSA) is 68.1 Å². The van der Waals surface area contributed by atoms with Crippen LogP contribution in [-0.4, -0.2) is 50.3 Å². The molecule has 0 aromatic heterocycles. The molecule has 0 N–H and O–H groups in total. The number of esters is 2. The number of ether oxygens (including phenoxy) is 3. The van der Waals surface area contributed by atoms with Crippen molar-refractivity contribution in [2.24, 2.45) is 0 Å². The highest BCUT2D eigenvalue weighted by molar-refractivity contribution is 6.02. The molecule has 8 rings (SSSR count). The lowest BCUT2D eigenvalue weighted by Crippen LogP contribution is -2.58. The van der Waals surface area contributed by atoms with Crippen molar-refractivity contribution in [3.63, 3.8) is 0 Å². The van der Waals surface area contributed by atoms with Crippen molar-refractivity contribution in [2.75, 3.05) is 32.2 Å². The predicted molar refractivity (Wildman–Crippen MR) is 206 cm³/mol. The summed E-state index contributed by atoms with van der Waals surface area (Å²) in [6.45, 7) is 25.7. The molecule has 2 unspecified atom stereocenters. The standard InChI is InChI=1S/C45H55N2O5/c1-24-22-44(7,8)46-17-15-42(3,4)34-36(46)28(24)20-31-33(27-14-13-26(40(48)50-11)19-30(27)41(49)51-12)32-21-29-25(2)23-45(9,10)47-18-16-43(5,6)35(37(29)47)39(32)52-38(31)34/h13-14,19-21,24-25H,15-18,22-23H2,1-12H3/q+1. The minimum atomic E-state index is -0.497. The summed E-state index contributed by atoms with van der Waals surface area (Å²) in [6.07, 6.45) is 4.09. The molecule has 3 aromatic rings. The van der Waals surface area contributed by atoms with Gasteiger partial charge in [0.1, 0.15) is 18.0 Å². The molecule has 2 atom stereocenters. The number of hydrogen-bond donors (Lipinski definition) is 0. The Bertz CT molecular complexity index is 2240. The van der Waals surface area contributed by atoms with Gasteiger partial charge in [-0.2, -0.15) is 0 Å². The minimum absolute atomic E-state index is 0.00206. The van der Waals surface area contributed by atoms with Gasteiger partial charge < -0.3 is 19.1 Å². The molecule has 52 heavy (non-hydrogen) atoms. The Morgan fingerprint density at radius 1 is 0.788 bits per heavy atom. The van der Waals surface area contributed by atoms with Crippen molar-refractivity contribution in [1.29, 1.82) is 0 Å². The number of rotatable bonds is 3. The van der Waals surface area contributed by atoms with Crippen LogP contribution in [-0.2, 0) is 20.3 Å². The number of hydrogen-bond acceptors (Lipinski definition) is 6. The quantitative estimate of drug-likeness (QED) is 0.160. The minimum Gasteiger partial charge on any atom is -0.465 e. The van der Waals surface area contributed by atoms with Gasteiger partial charge in [-0.25, -0.2) is 14.2 Å². The fourth-order valence-electron chi connectivity index (χ4n) is 10.8. The Balaban J connectivity index is 1.61. The van der Waals surface area contributed by atoms with E-state index in [1.807, 2.05) is 6.07 Å². The third-order valence-electron chi connectivity index (χ3n) is 13.4. The SMILES string of the molecule is COC(=O)c1ccc(C2=c3cc4c5c(c3Oc3c2cc2c6c3C(C)(C)CCN6C(C)(C)CC2C)C(C)(C)CC[N+]=5C(C)(C)CC4C)c(C(=O)OC)c1. The van der Waals surface area contributed by atoms with Gasteiger partial charge in [0.2, 0.25) is 5.36 Å². The van der Waals surface area contributed by atoms with Crippen LogP contribution in [0, 0.1) is 0 Å². The second kappa shape index (κ2) is 11.2. The normalized spacial score (nSPS) is 23.7. The molecule has 0 spiro atoms. The zero-order chi connectivity index (χ0) is 37.4. The van der Waals surface area contributed by atoms with Crippen molar-refractivity contribution in [3.05, 3.63) is 85.4 Å². The number of nitrogens with zero attached hydrogens (tertiary/aromatic N) is 2. The summed E-state index contributed by atoms with van der Waals surface area (Å²) in [5, 5.41) is 2.32. The van der Waals surface area contributed by atoms with Gasteiger partial charge in [-0.1, -0.05) is 47.6 Å². The summed E-state index contributed by atoms with van der Waals surface area (Å²) in [4.78, 5) is 29.3. The lowest BCUT2D eigenvalue weighted by Gasteiger charge is -2.54. The highest BCUT2D eigenvalue weighted by atomic mass is 16.5. The molecule has 7 nitrogen and oxygen atoms in total. The Hall–Kier alpha value is -4.13. The first kappa shape index (κ1) is 34.9. The third kappa shape index (κ3) is 4.79. The van der Waals surface area contributed by atoms with Crippen LogP contribution in [0.25, 0.3) is 5.57 Å². The van der Waals surface area contributed by atoms with E-state index in [4.69, 9.17) is 14.2 Å². The van der Waals surface area contributed by atoms with Crippen LogP contribution in [0.2, 0.25) is 0 Å². The van der Waals surface area contributed by atoms with Crippen LogP contribution in [0.1, 0.15) is 161 Å². The van der Waals surface area contributed by atoms with Gasteiger partial charge in [-0.15, -0.1) is 0 Å². The molecule has 0 radical (unpaired) electrons. The monoisotopic (exact) mass is 703 g/mol. The molecule has 274 valence electrons. The van der Waals surface area contributed by atoms with Gasteiger partial charge in [0.25, 0.3) is 0 Å². The summed E-state index contributed by atoms with van der Waals surface area (Å²) in [5.41, 5.74) is 9.50. The number of methoxy groups -OCH3 is 2. The Morgan fingerprint density at radius 3 is 2.15 bits per heavy atom. The van der Waals surface area contributed by atoms with E-state index in [0.717, 1.165) is 72.2 Å². The average Bonchev–Trinajstić information content (AvgIpc) is 3.06. The van der Waals surface area contributed by atoms with E-state index in [1.165, 1.54) is 47.5 Å². The van der Waals surface area contributed by atoms with E-state index < -0.39 is 11.9 Å². The maximum absolute atomic E-state index is 13.8. The van der Waals surface area contributed by atoms with Gasteiger partial charge in [-0.05, 0) is 93.2 Å². The third-order valence-corrected chi connectivity index (χ3v) is 13.4. The molecule has 0 fully saturated rings. The van der Waals surface area contributed by atoms with E-state index in [1.54, 1.807) is 12.1 Å². The highest BCUT2D eigenvalue weighted by Crippen LogP contribution is 2.58. The van der Waals surface area contributed by atoms with Gasteiger partial charge in [0, 0.05) is 63.5 Å².